The van der Waals surface area contributed by atoms with E-state index in [1.807, 2.05) is 24.3 Å². The van der Waals surface area contributed by atoms with E-state index in [0.717, 1.165) is 30.5 Å². The van der Waals surface area contributed by atoms with Gasteiger partial charge >= 0.3 is 0 Å². The first-order valence-electron chi connectivity index (χ1n) is 7.26. The average Bonchev–Trinajstić information content (AvgIpc) is 2.91. The second-order valence-corrected chi connectivity index (χ2v) is 7.69. The van der Waals surface area contributed by atoms with Gasteiger partial charge in [-0.15, -0.1) is 0 Å². The van der Waals surface area contributed by atoms with Crippen LogP contribution in [-0.4, -0.2) is 31.9 Å². The van der Waals surface area contributed by atoms with E-state index in [4.69, 9.17) is 0 Å². The highest BCUT2D eigenvalue weighted by molar-refractivity contribution is 7.88. The van der Waals surface area contributed by atoms with Crippen LogP contribution in [-0.2, 0) is 22.3 Å². The van der Waals surface area contributed by atoms with Gasteiger partial charge in [-0.1, -0.05) is 38.1 Å². The van der Waals surface area contributed by atoms with Crippen LogP contribution < -0.4 is 5.32 Å². The Bertz CT molecular complexity index is 535. The van der Waals surface area contributed by atoms with Gasteiger partial charge in [0.2, 0.25) is 10.0 Å². The van der Waals surface area contributed by atoms with Crippen molar-refractivity contribution < 1.29 is 8.42 Å². The van der Waals surface area contributed by atoms with E-state index in [1.54, 1.807) is 4.31 Å². The maximum Gasteiger partial charge on any atom is 0.218 e. The van der Waals surface area contributed by atoms with Crippen molar-refractivity contribution in [3.63, 3.8) is 0 Å². The molecule has 0 saturated carbocycles. The Labute approximate surface area is 122 Å². The van der Waals surface area contributed by atoms with Gasteiger partial charge in [0.15, 0.2) is 0 Å². The lowest BCUT2D eigenvalue weighted by Gasteiger charge is -2.16. The molecular formula is C15H24N2O2S. The van der Waals surface area contributed by atoms with E-state index in [9.17, 15) is 8.42 Å². The van der Waals surface area contributed by atoms with E-state index in [1.165, 1.54) is 0 Å². The fraction of sp³-hybridized carbons (Fsp3) is 0.600. The molecule has 0 radical (unpaired) electrons. The van der Waals surface area contributed by atoms with Crippen molar-refractivity contribution in [2.24, 2.45) is 0 Å². The number of hydrogen-bond donors (Lipinski definition) is 1. The molecule has 0 aromatic heterocycles. The van der Waals surface area contributed by atoms with Crippen LogP contribution >= 0.6 is 0 Å². The maximum absolute atomic E-state index is 12.3. The molecule has 112 valence electrons. The number of sulfonamides is 1. The van der Waals surface area contributed by atoms with Crippen LogP contribution in [0.15, 0.2) is 24.3 Å². The van der Waals surface area contributed by atoms with E-state index in [0.29, 0.717) is 19.1 Å². The quantitative estimate of drug-likeness (QED) is 0.874. The molecule has 1 fully saturated rings. The fourth-order valence-electron chi connectivity index (χ4n) is 2.42. The monoisotopic (exact) mass is 296 g/mol. The Morgan fingerprint density at radius 2 is 1.85 bits per heavy atom. The van der Waals surface area contributed by atoms with Crippen molar-refractivity contribution in [2.75, 3.05) is 13.1 Å². The smallest absolute Gasteiger partial charge is 0.218 e. The minimum atomic E-state index is -3.15. The summed E-state index contributed by atoms with van der Waals surface area (Å²) in [7, 11) is -3.15. The SMILES string of the molecule is CC(C)NCc1cccc(CS(=O)(=O)N2CCCC2)c1. The molecule has 5 heteroatoms. The highest BCUT2D eigenvalue weighted by atomic mass is 32.2. The predicted octanol–water partition coefficient (Wildman–Crippen LogP) is 2.11. The zero-order chi connectivity index (χ0) is 14.6. The van der Waals surface area contributed by atoms with Crippen LogP contribution in [0.25, 0.3) is 0 Å². The normalized spacial score (nSPS) is 16.9. The van der Waals surface area contributed by atoms with E-state index in [-0.39, 0.29) is 5.75 Å². The molecule has 0 atom stereocenters. The third-order valence-corrected chi connectivity index (χ3v) is 5.36. The minimum Gasteiger partial charge on any atom is -0.310 e. The number of rotatable bonds is 6. The lowest BCUT2D eigenvalue weighted by molar-refractivity contribution is 0.476. The molecule has 20 heavy (non-hydrogen) atoms. The summed E-state index contributed by atoms with van der Waals surface area (Å²) in [6, 6.07) is 8.27. The Morgan fingerprint density at radius 1 is 1.20 bits per heavy atom. The van der Waals surface area contributed by atoms with Gasteiger partial charge in [-0.05, 0) is 24.0 Å². The molecule has 0 bridgehead atoms. The van der Waals surface area contributed by atoms with Crippen LogP contribution in [0.1, 0.15) is 37.8 Å². The highest BCUT2D eigenvalue weighted by Gasteiger charge is 2.25. The third kappa shape index (κ3) is 4.30. The van der Waals surface area contributed by atoms with Crippen LogP contribution in [0.4, 0.5) is 0 Å². The first-order chi connectivity index (χ1) is 9.47. The van der Waals surface area contributed by atoms with E-state index in [2.05, 4.69) is 19.2 Å². The predicted molar refractivity (Wildman–Crippen MR) is 81.8 cm³/mol. The number of benzene rings is 1. The summed E-state index contributed by atoms with van der Waals surface area (Å²) in [6.07, 6.45) is 1.97. The largest absolute Gasteiger partial charge is 0.310 e. The molecule has 1 aromatic rings. The van der Waals surface area contributed by atoms with Gasteiger partial charge in [0.25, 0.3) is 0 Å². The number of nitrogens with one attached hydrogen (secondary N) is 1. The van der Waals surface area contributed by atoms with Gasteiger partial charge < -0.3 is 5.32 Å². The summed E-state index contributed by atoms with van der Waals surface area (Å²) in [5.74, 6) is 0.114. The van der Waals surface area contributed by atoms with Gasteiger partial charge in [-0.25, -0.2) is 12.7 Å². The molecule has 1 aliphatic heterocycles. The summed E-state index contributed by atoms with van der Waals surface area (Å²) < 4.78 is 26.2. The van der Waals surface area contributed by atoms with Gasteiger partial charge in [-0.3, -0.25) is 0 Å². The fourth-order valence-corrected chi connectivity index (χ4v) is 4.02. The van der Waals surface area contributed by atoms with Crippen LogP contribution in [0.3, 0.4) is 0 Å². The van der Waals surface area contributed by atoms with Crippen molar-refractivity contribution in [1.29, 1.82) is 0 Å². The van der Waals surface area contributed by atoms with E-state index >= 15 is 0 Å². The first kappa shape index (κ1) is 15.5. The van der Waals surface area contributed by atoms with Crippen molar-refractivity contribution in [2.45, 2.75) is 45.0 Å². The molecule has 1 N–H and O–H groups in total. The summed E-state index contributed by atoms with van der Waals surface area (Å²) >= 11 is 0. The number of nitrogens with zero attached hydrogens (tertiary/aromatic N) is 1. The molecule has 2 rings (SSSR count). The molecule has 0 aliphatic carbocycles. The van der Waals surface area contributed by atoms with Gasteiger partial charge in [-0.2, -0.15) is 0 Å². The van der Waals surface area contributed by atoms with Crippen LogP contribution in [0.2, 0.25) is 0 Å². The first-order valence-corrected chi connectivity index (χ1v) is 8.87. The Balaban J connectivity index is 2.03. The minimum absolute atomic E-state index is 0.114. The second-order valence-electron chi connectivity index (χ2n) is 5.72. The number of hydrogen-bond acceptors (Lipinski definition) is 3. The summed E-state index contributed by atoms with van der Waals surface area (Å²) in [4.78, 5) is 0. The molecular weight excluding hydrogens is 272 g/mol. The molecule has 1 aliphatic rings. The van der Waals surface area contributed by atoms with Crippen molar-refractivity contribution >= 4 is 10.0 Å². The molecule has 0 spiro atoms. The summed E-state index contributed by atoms with van der Waals surface area (Å²) in [6.45, 7) is 6.33. The molecule has 1 heterocycles. The molecule has 0 unspecified atom stereocenters. The zero-order valence-corrected chi connectivity index (χ0v) is 13.1. The lowest BCUT2D eigenvalue weighted by atomic mass is 10.1. The van der Waals surface area contributed by atoms with Gasteiger partial charge in [0.1, 0.15) is 0 Å². The highest BCUT2D eigenvalue weighted by Crippen LogP contribution is 2.17. The molecule has 0 amide bonds. The Hall–Kier alpha value is -0.910. The summed E-state index contributed by atoms with van der Waals surface area (Å²) in [5.41, 5.74) is 2.01. The Morgan fingerprint density at radius 3 is 2.50 bits per heavy atom. The van der Waals surface area contributed by atoms with E-state index < -0.39 is 10.0 Å². The standard InChI is InChI=1S/C15H24N2O2S/c1-13(2)16-11-14-6-5-7-15(10-14)12-20(18,19)17-8-3-4-9-17/h5-7,10,13,16H,3-4,8-9,11-12H2,1-2H3. The van der Waals surface area contributed by atoms with Crippen molar-refractivity contribution in [1.82, 2.24) is 9.62 Å². The lowest BCUT2D eigenvalue weighted by Crippen LogP contribution is -2.29. The Kier molecular flexibility index (Phi) is 5.18. The molecule has 1 saturated heterocycles. The van der Waals surface area contributed by atoms with Gasteiger partial charge in [0, 0.05) is 25.7 Å². The average molecular weight is 296 g/mol. The van der Waals surface area contributed by atoms with Crippen molar-refractivity contribution in [3.8, 4) is 0 Å². The topological polar surface area (TPSA) is 49.4 Å². The summed E-state index contributed by atoms with van der Waals surface area (Å²) in [5, 5.41) is 3.35. The zero-order valence-electron chi connectivity index (χ0n) is 12.3. The van der Waals surface area contributed by atoms with Crippen LogP contribution in [0.5, 0.6) is 0 Å². The molecule has 4 nitrogen and oxygen atoms in total. The maximum atomic E-state index is 12.3. The van der Waals surface area contributed by atoms with Crippen molar-refractivity contribution in [3.05, 3.63) is 35.4 Å². The van der Waals surface area contributed by atoms with Gasteiger partial charge in [0.05, 0.1) is 5.75 Å². The third-order valence-electron chi connectivity index (χ3n) is 3.51. The molecule has 1 aromatic carbocycles. The van der Waals surface area contributed by atoms with Crippen LogP contribution in [0, 0.1) is 0 Å². The second kappa shape index (κ2) is 6.70.